The molecule has 0 unspecified atom stereocenters. The molecule has 37 heavy (non-hydrogen) atoms. The number of aromatic carboxylic acids is 1. The number of hydrogen-bond acceptors (Lipinski definition) is 8. The van der Waals surface area contributed by atoms with Crippen LogP contribution in [0.5, 0.6) is 5.75 Å². The van der Waals surface area contributed by atoms with Gasteiger partial charge in [0.15, 0.2) is 5.13 Å². The Morgan fingerprint density at radius 2 is 2.03 bits per heavy atom. The molecule has 7 nitrogen and oxygen atoms in total. The van der Waals surface area contributed by atoms with Crippen molar-refractivity contribution < 1.29 is 19.4 Å². The monoisotopic (exact) mass is 557 g/mol. The highest BCUT2D eigenvalue weighted by Crippen LogP contribution is 2.38. The van der Waals surface area contributed by atoms with E-state index in [9.17, 15) is 9.90 Å². The molecule has 0 fully saturated rings. The van der Waals surface area contributed by atoms with E-state index in [1.807, 2.05) is 35.7 Å². The van der Waals surface area contributed by atoms with Crippen molar-refractivity contribution in [2.75, 3.05) is 25.6 Å². The fraction of sp³-hybridized carbons (Fsp3) is 0.296. The van der Waals surface area contributed by atoms with Crippen LogP contribution in [-0.2, 0) is 11.2 Å². The third kappa shape index (κ3) is 6.87. The van der Waals surface area contributed by atoms with Crippen LogP contribution >= 0.6 is 34.3 Å². The summed E-state index contributed by atoms with van der Waals surface area (Å²) in [5.74, 6) is 0.307. The zero-order chi connectivity index (χ0) is 26.4. The molecule has 3 aromatic heterocycles. The average molecular weight is 558 g/mol. The number of anilines is 2. The number of nitrogens with zero attached hydrogens (tertiary/aromatic N) is 2. The van der Waals surface area contributed by atoms with Gasteiger partial charge in [-0.2, -0.15) is 0 Å². The average Bonchev–Trinajstić information content (AvgIpc) is 3.54. The van der Waals surface area contributed by atoms with Crippen molar-refractivity contribution in [3.05, 3.63) is 63.4 Å². The van der Waals surface area contributed by atoms with Gasteiger partial charge in [0.1, 0.15) is 23.7 Å². The van der Waals surface area contributed by atoms with Crippen LogP contribution < -0.4 is 10.1 Å². The minimum atomic E-state index is -1.05. The summed E-state index contributed by atoms with van der Waals surface area (Å²) in [5, 5.41) is 16.0. The molecule has 3 heterocycles. The predicted molar refractivity (Wildman–Crippen MR) is 151 cm³/mol. The molecule has 0 bridgehead atoms. The zero-order valence-corrected chi connectivity index (χ0v) is 23.2. The van der Waals surface area contributed by atoms with Gasteiger partial charge >= 0.3 is 5.97 Å². The number of ether oxygens (including phenoxy) is 2. The Balaban J connectivity index is 1.65. The highest BCUT2D eigenvalue weighted by Gasteiger charge is 2.19. The maximum Gasteiger partial charge on any atom is 0.339 e. The molecule has 0 aliphatic carbocycles. The number of halogens is 1. The van der Waals surface area contributed by atoms with Crippen LogP contribution in [0.1, 0.15) is 35.5 Å². The Morgan fingerprint density at radius 3 is 2.70 bits per heavy atom. The lowest BCUT2D eigenvalue weighted by Gasteiger charge is -2.10. The van der Waals surface area contributed by atoms with Gasteiger partial charge in [0.25, 0.3) is 0 Å². The van der Waals surface area contributed by atoms with E-state index in [1.54, 1.807) is 19.4 Å². The molecule has 194 valence electrons. The second-order valence-corrected chi connectivity index (χ2v) is 11.2. The molecule has 0 radical (unpaired) electrons. The quantitative estimate of drug-likeness (QED) is 0.173. The van der Waals surface area contributed by atoms with Gasteiger partial charge in [0.2, 0.25) is 0 Å². The Labute approximate surface area is 229 Å². The van der Waals surface area contributed by atoms with Crippen LogP contribution in [0.15, 0.2) is 48.0 Å². The number of carboxylic acids is 1. The van der Waals surface area contributed by atoms with Gasteiger partial charge in [-0.25, -0.2) is 14.8 Å². The summed E-state index contributed by atoms with van der Waals surface area (Å²) in [5.41, 5.74) is 2.53. The van der Waals surface area contributed by atoms with E-state index >= 15 is 0 Å². The summed E-state index contributed by atoms with van der Waals surface area (Å²) in [6.07, 6.45) is 3.51. The van der Waals surface area contributed by atoms with Crippen molar-refractivity contribution in [2.45, 2.75) is 26.7 Å². The molecule has 2 N–H and O–H groups in total. The molecular weight excluding hydrogens is 530 g/mol. The fourth-order valence-corrected chi connectivity index (χ4v) is 5.57. The molecule has 0 aliphatic rings. The van der Waals surface area contributed by atoms with Gasteiger partial charge in [0, 0.05) is 34.2 Å². The lowest BCUT2D eigenvalue weighted by molar-refractivity contribution is 0.0697. The summed E-state index contributed by atoms with van der Waals surface area (Å²) in [6, 6.07) is 11.1. The SMILES string of the molecule is COCCOc1ccc(-c2nc(Nc3ncc(-c4cccs4)cc3C(=O)O)sc2CCC(C)C)cc1Cl. The molecule has 0 saturated heterocycles. The number of rotatable bonds is 12. The highest BCUT2D eigenvalue weighted by molar-refractivity contribution is 7.16. The predicted octanol–water partition coefficient (Wildman–Crippen LogP) is 7.64. The van der Waals surface area contributed by atoms with Crippen molar-refractivity contribution in [3.8, 4) is 27.4 Å². The van der Waals surface area contributed by atoms with Crippen LogP contribution in [-0.4, -0.2) is 41.4 Å². The lowest BCUT2D eigenvalue weighted by atomic mass is 10.0. The van der Waals surface area contributed by atoms with E-state index in [0.29, 0.717) is 35.0 Å². The van der Waals surface area contributed by atoms with E-state index in [4.69, 9.17) is 26.1 Å². The van der Waals surface area contributed by atoms with Crippen molar-refractivity contribution in [1.29, 1.82) is 0 Å². The molecule has 0 saturated carbocycles. The molecule has 0 amide bonds. The lowest BCUT2D eigenvalue weighted by Crippen LogP contribution is -2.05. The first-order valence-electron chi connectivity index (χ1n) is 11.8. The molecule has 10 heteroatoms. The van der Waals surface area contributed by atoms with E-state index < -0.39 is 5.97 Å². The van der Waals surface area contributed by atoms with Crippen molar-refractivity contribution in [3.63, 3.8) is 0 Å². The maximum atomic E-state index is 12.0. The van der Waals surface area contributed by atoms with E-state index in [2.05, 4.69) is 24.1 Å². The number of carbonyl (C=O) groups is 1. The number of thiophene rings is 1. The first-order chi connectivity index (χ1) is 17.9. The Hall–Kier alpha value is -2.98. The van der Waals surface area contributed by atoms with Gasteiger partial charge in [-0.3, -0.25) is 0 Å². The Morgan fingerprint density at radius 1 is 1.19 bits per heavy atom. The largest absolute Gasteiger partial charge is 0.490 e. The molecule has 4 aromatic rings. The van der Waals surface area contributed by atoms with Gasteiger partial charge in [-0.15, -0.1) is 22.7 Å². The van der Waals surface area contributed by atoms with E-state index in [1.165, 1.54) is 22.7 Å². The summed E-state index contributed by atoms with van der Waals surface area (Å²) in [4.78, 5) is 23.4. The molecule has 1 aromatic carbocycles. The number of nitrogens with one attached hydrogen (secondary N) is 1. The molecule has 0 atom stereocenters. The van der Waals surface area contributed by atoms with Crippen molar-refractivity contribution in [1.82, 2.24) is 9.97 Å². The molecular formula is C27H28ClN3O4S2. The Kier molecular flexibility index (Phi) is 9.15. The minimum Gasteiger partial charge on any atom is -0.490 e. The van der Waals surface area contributed by atoms with Gasteiger partial charge < -0.3 is 19.9 Å². The number of benzene rings is 1. The van der Waals surface area contributed by atoms with E-state index in [-0.39, 0.29) is 11.4 Å². The number of aromatic nitrogens is 2. The first-order valence-corrected chi connectivity index (χ1v) is 13.9. The third-order valence-electron chi connectivity index (χ3n) is 5.55. The van der Waals surface area contributed by atoms with Crippen molar-refractivity contribution in [2.24, 2.45) is 5.92 Å². The molecule has 4 rings (SSSR count). The highest BCUT2D eigenvalue weighted by atomic mass is 35.5. The van der Waals surface area contributed by atoms with Crippen LogP contribution in [0.2, 0.25) is 5.02 Å². The number of hydrogen-bond donors (Lipinski definition) is 2. The third-order valence-corrected chi connectivity index (χ3v) is 7.79. The second kappa shape index (κ2) is 12.5. The van der Waals surface area contributed by atoms with Gasteiger partial charge in [-0.1, -0.05) is 31.5 Å². The van der Waals surface area contributed by atoms with Crippen LogP contribution in [0.3, 0.4) is 0 Å². The van der Waals surface area contributed by atoms with Crippen LogP contribution in [0.25, 0.3) is 21.7 Å². The summed E-state index contributed by atoms with van der Waals surface area (Å²) >= 11 is 9.54. The maximum absolute atomic E-state index is 12.0. The number of methoxy groups -OCH3 is 1. The molecule has 0 aliphatic heterocycles. The normalized spacial score (nSPS) is 11.2. The topological polar surface area (TPSA) is 93.6 Å². The van der Waals surface area contributed by atoms with E-state index in [0.717, 1.165) is 39.4 Å². The fourth-order valence-electron chi connectivity index (χ4n) is 3.63. The van der Waals surface area contributed by atoms with Gasteiger partial charge in [0.05, 0.1) is 17.3 Å². The summed E-state index contributed by atoms with van der Waals surface area (Å²) in [7, 11) is 1.62. The second-order valence-electron chi connectivity index (χ2n) is 8.74. The smallest absolute Gasteiger partial charge is 0.339 e. The summed E-state index contributed by atoms with van der Waals surface area (Å²) < 4.78 is 10.7. The number of aryl methyl sites for hydroxylation is 1. The van der Waals surface area contributed by atoms with Gasteiger partial charge in [-0.05, 0) is 54.5 Å². The minimum absolute atomic E-state index is 0.0898. The molecule has 0 spiro atoms. The number of thiazole rings is 1. The number of pyridine rings is 1. The summed E-state index contributed by atoms with van der Waals surface area (Å²) in [6.45, 7) is 5.24. The standard InChI is InChI=1S/C27H28ClN3O4S2/c1-16(2)6-9-23-24(17-7-8-21(20(28)14-17)35-11-10-34-3)30-27(37-23)31-25-19(26(32)33)13-18(15-29-25)22-5-4-12-36-22/h4-5,7-8,12-16H,6,9-11H2,1-3H3,(H,32,33)(H,29,30,31). The number of carboxylic acid groups (broad SMARTS) is 1. The zero-order valence-electron chi connectivity index (χ0n) is 20.8. The van der Waals surface area contributed by atoms with Crippen LogP contribution in [0, 0.1) is 5.92 Å². The van der Waals surface area contributed by atoms with Crippen molar-refractivity contribution >= 4 is 51.2 Å². The van der Waals surface area contributed by atoms with Crippen LogP contribution in [0.4, 0.5) is 10.9 Å². The first kappa shape index (κ1) is 27.1. The Bertz CT molecular complexity index is 1360.